The van der Waals surface area contributed by atoms with Gasteiger partial charge in [-0.15, -0.1) is 0 Å². The minimum absolute atomic E-state index is 0.0166. The Labute approximate surface area is 155 Å². The van der Waals surface area contributed by atoms with Crippen LogP contribution < -0.4 is 5.32 Å². The number of nitrogens with one attached hydrogen (secondary N) is 1. The number of furan rings is 1. The summed E-state index contributed by atoms with van der Waals surface area (Å²) >= 11 is 0. The first-order valence-corrected chi connectivity index (χ1v) is 9.28. The molecule has 0 saturated carbocycles. The summed E-state index contributed by atoms with van der Waals surface area (Å²) in [4.78, 5) is 28.7. The monoisotopic (exact) mass is 365 g/mol. The van der Waals surface area contributed by atoms with Crippen LogP contribution in [0.25, 0.3) is 0 Å². The van der Waals surface area contributed by atoms with Crippen LogP contribution in [-0.2, 0) is 16.1 Å². The van der Waals surface area contributed by atoms with Gasteiger partial charge in [0.05, 0.1) is 18.9 Å². The van der Waals surface area contributed by atoms with Crippen molar-refractivity contribution in [2.75, 3.05) is 26.2 Å². The number of urea groups is 1. The van der Waals surface area contributed by atoms with Crippen molar-refractivity contribution in [3.05, 3.63) is 24.2 Å². The molecule has 0 bridgehead atoms. The number of rotatable bonds is 7. The van der Waals surface area contributed by atoms with Crippen molar-refractivity contribution >= 4 is 11.9 Å². The van der Waals surface area contributed by atoms with Gasteiger partial charge in [-0.3, -0.25) is 4.79 Å². The fourth-order valence-electron chi connectivity index (χ4n) is 2.97. The van der Waals surface area contributed by atoms with Gasteiger partial charge in [-0.1, -0.05) is 0 Å². The third-order valence-electron chi connectivity index (χ3n) is 4.40. The molecular formula is C19H31N3O4. The first kappa shape index (κ1) is 20.3. The van der Waals surface area contributed by atoms with Crippen LogP contribution in [0.3, 0.4) is 0 Å². The van der Waals surface area contributed by atoms with E-state index in [1.807, 2.05) is 33.8 Å². The molecule has 1 aliphatic rings. The van der Waals surface area contributed by atoms with Gasteiger partial charge in [0.25, 0.3) is 0 Å². The zero-order valence-electron chi connectivity index (χ0n) is 16.3. The second kappa shape index (κ2) is 9.07. The Bertz CT molecular complexity index is 574. The minimum Gasteiger partial charge on any atom is -0.467 e. The van der Waals surface area contributed by atoms with E-state index in [9.17, 15) is 9.59 Å². The highest BCUT2D eigenvalue weighted by molar-refractivity contribution is 5.84. The molecule has 26 heavy (non-hydrogen) atoms. The number of hydrogen-bond acceptors (Lipinski definition) is 4. The lowest BCUT2D eigenvalue weighted by molar-refractivity contribution is -0.135. The molecule has 7 heteroatoms. The average molecular weight is 365 g/mol. The lowest BCUT2D eigenvalue weighted by atomic mass is 10.1. The van der Waals surface area contributed by atoms with Crippen LogP contribution in [0, 0.1) is 0 Å². The number of amides is 3. The van der Waals surface area contributed by atoms with E-state index in [-0.39, 0.29) is 24.6 Å². The van der Waals surface area contributed by atoms with E-state index in [2.05, 4.69) is 5.32 Å². The Morgan fingerprint density at radius 1 is 1.35 bits per heavy atom. The van der Waals surface area contributed by atoms with Gasteiger partial charge in [0, 0.05) is 25.2 Å². The predicted molar refractivity (Wildman–Crippen MR) is 98.6 cm³/mol. The van der Waals surface area contributed by atoms with Gasteiger partial charge in [-0.2, -0.15) is 0 Å². The molecule has 1 N–H and O–H groups in total. The predicted octanol–water partition coefficient (Wildman–Crippen LogP) is 2.62. The Hall–Kier alpha value is -2.02. The maximum atomic E-state index is 13.0. The molecule has 1 aromatic rings. The van der Waals surface area contributed by atoms with Crippen molar-refractivity contribution < 1.29 is 18.7 Å². The van der Waals surface area contributed by atoms with Crippen LogP contribution in [-0.4, -0.2) is 59.6 Å². The van der Waals surface area contributed by atoms with Gasteiger partial charge >= 0.3 is 6.03 Å². The highest BCUT2D eigenvalue weighted by Gasteiger charge is 2.31. The first-order chi connectivity index (χ1) is 12.3. The van der Waals surface area contributed by atoms with Gasteiger partial charge in [-0.25, -0.2) is 4.79 Å². The van der Waals surface area contributed by atoms with Crippen LogP contribution in [0.15, 0.2) is 22.8 Å². The smallest absolute Gasteiger partial charge is 0.318 e. The molecule has 3 amide bonds. The molecule has 0 spiro atoms. The molecular weight excluding hydrogens is 334 g/mol. The summed E-state index contributed by atoms with van der Waals surface area (Å²) in [5.74, 6) is 0.606. The second-order valence-electron chi connectivity index (χ2n) is 7.58. The largest absolute Gasteiger partial charge is 0.467 e. The molecule has 7 nitrogen and oxygen atoms in total. The molecule has 1 atom stereocenters. The van der Waals surface area contributed by atoms with Gasteiger partial charge in [0.15, 0.2) is 0 Å². The van der Waals surface area contributed by atoms with Crippen molar-refractivity contribution in [2.24, 2.45) is 0 Å². The maximum Gasteiger partial charge on any atom is 0.318 e. The van der Waals surface area contributed by atoms with Crippen molar-refractivity contribution in [2.45, 2.75) is 58.7 Å². The van der Waals surface area contributed by atoms with Gasteiger partial charge < -0.3 is 24.3 Å². The molecule has 1 saturated heterocycles. The van der Waals surface area contributed by atoms with Crippen molar-refractivity contribution in [3.8, 4) is 0 Å². The van der Waals surface area contributed by atoms with Gasteiger partial charge in [0.1, 0.15) is 12.3 Å². The van der Waals surface area contributed by atoms with E-state index < -0.39 is 5.54 Å². The third kappa shape index (κ3) is 5.76. The topological polar surface area (TPSA) is 75.0 Å². The highest BCUT2D eigenvalue weighted by Crippen LogP contribution is 2.18. The third-order valence-corrected chi connectivity index (χ3v) is 4.40. The fraction of sp³-hybridized carbons (Fsp3) is 0.684. The summed E-state index contributed by atoms with van der Waals surface area (Å²) in [6.07, 6.45) is 3.60. The summed E-state index contributed by atoms with van der Waals surface area (Å²) in [7, 11) is 0. The molecule has 1 unspecified atom stereocenters. The molecule has 2 rings (SSSR count). The standard InChI is InChI=1S/C19H31N3O4/c1-5-20-18(24)22(19(2,3)4)14-17(23)21(12-15-8-6-10-25-15)13-16-9-7-11-26-16/h6,8,10,16H,5,7,9,11-14H2,1-4H3,(H,20,24). The summed E-state index contributed by atoms with van der Waals surface area (Å²) in [5.41, 5.74) is -0.463. The minimum atomic E-state index is -0.463. The van der Waals surface area contributed by atoms with Crippen LogP contribution in [0.1, 0.15) is 46.3 Å². The van der Waals surface area contributed by atoms with Crippen LogP contribution in [0.5, 0.6) is 0 Å². The van der Waals surface area contributed by atoms with Crippen LogP contribution in [0.4, 0.5) is 4.79 Å². The Morgan fingerprint density at radius 3 is 2.65 bits per heavy atom. The molecule has 2 heterocycles. The Kier molecular flexibility index (Phi) is 7.08. The van der Waals surface area contributed by atoms with Crippen LogP contribution in [0.2, 0.25) is 0 Å². The molecule has 1 fully saturated rings. The van der Waals surface area contributed by atoms with E-state index >= 15 is 0 Å². The van der Waals surface area contributed by atoms with E-state index in [1.165, 1.54) is 0 Å². The average Bonchev–Trinajstić information content (AvgIpc) is 3.24. The summed E-state index contributed by atoms with van der Waals surface area (Å²) < 4.78 is 11.1. The zero-order valence-corrected chi connectivity index (χ0v) is 16.3. The zero-order chi connectivity index (χ0) is 19.2. The number of carbonyl (C=O) groups is 2. The SMILES string of the molecule is CCNC(=O)N(CC(=O)N(Cc1ccco1)CC1CCCO1)C(C)(C)C. The maximum absolute atomic E-state index is 13.0. The molecule has 1 aromatic heterocycles. The van der Waals surface area contributed by atoms with E-state index in [0.29, 0.717) is 19.6 Å². The molecule has 0 radical (unpaired) electrons. The lowest BCUT2D eigenvalue weighted by Gasteiger charge is -2.36. The number of carbonyl (C=O) groups excluding carboxylic acids is 2. The molecule has 0 aliphatic carbocycles. The molecule has 0 aromatic carbocycles. The number of nitrogens with zero attached hydrogens (tertiary/aromatic N) is 2. The Morgan fingerprint density at radius 2 is 2.12 bits per heavy atom. The first-order valence-electron chi connectivity index (χ1n) is 9.28. The molecule has 146 valence electrons. The van der Waals surface area contributed by atoms with E-state index in [0.717, 1.165) is 25.2 Å². The summed E-state index contributed by atoms with van der Waals surface area (Å²) in [5, 5.41) is 2.79. The Balaban J connectivity index is 2.10. The fourth-order valence-corrected chi connectivity index (χ4v) is 2.97. The number of ether oxygens (including phenoxy) is 1. The number of hydrogen-bond donors (Lipinski definition) is 1. The molecule has 1 aliphatic heterocycles. The summed E-state index contributed by atoms with van der Waals surface area (Å²) in [6, 6.07) is 3.42. The van der Waals surface area contributed by atoms with Crippen molar-refractivity contribution in [1.82, 2.24) is 15.1 Å². The summed E-state index contributed by atoms with van der Waals surface area (Å²) in [6.45, 7) is 9.79. The van der Waals surface area contributed by atoms with E-state index in [4.69, 9.17) is 9.15 Å². The van der Waals surface area contributed by atoms with Gasteiger partial charge in [-0.05, 0) is 52.7 Å². The van der Waals surface area contributed by atoms with Crippen LogP contribution >= 0.6 is 0 Å². The quantitative estimate of drug-likeness (QED) is 0.806. The highest BCUT2D eigenvalue weighted by atomic mass is 16.5. The normalized spacial score (nSPS) is 17.2. The van der Waals surface area contributed by atoms with Crippen molar-refractivity contribution in [3.63, 3.8) is 0 Å². The lowest BCUT2D eigenvalue weighted by Crippen LogP contribution is -2.54. The second-order valence-corrected chi connectivity index (χ2v) is 7.58. The van der Waals surface area contributed by atoms with Gasteiger partial charge in [0.2, 0.25) is 5.91 Å². The van der Waals surface area contributed by atoms with E-state index in [1.54, 1.807) is 22.1 Å². The van der Waals surface area contributed by atoms with Crippen molar-refractivity contribution in [1.29, 1.82) is 0 Å².